The van der Waals surface area contributed by atoms with Crippen LogP contribution in [0.4, 0.5) is 5.82 Å². The molecule has 0 amide bonds. The summed E-state index contributed by atoms with van der Waals surface area (Å²) in [5.41, 5.74) is 6.17. The molecule has 0 aromatic carbocycles. The smallest absolute Gasteiger partial charge is 0.203 e. The van der Waals surface area contributed by atoms with E-state index in [1.165, 1.54) is 0 Å². The molecule has 0 radical (unpaired) electrons. The molecule has 0 aliphatic heterocycles. The summed E-state index contributed by atoms with van der Waals surface area (Å²) in [6, 6.07) is 0. The lowest BCUT2D eigenvalue weighted by atomic mass is 10.2. The SMILES string of the molecule is CC(C)CN(CCC(=N)N)c1nccn2cnnc12. The third kappa shape index (κ3) is 3.18. The molecule has 3 N–H and O–H groups in total. The molecule has 0 atom stereocenters. The van der Waals surface area contributed by atoms with Gasteiger partial charge in [-0.1, -0.05) is 13.8 Å². The molecule has 0 unspecified atom stereocenters. The Balaban J connectivity index is 2.30. The number of hydrogen-bond acceptors (Lipinski definition) is 5. The van der Waals surface area contributed by atoms with Crippen molar-refractivity contribution in [2.75, 3.05) is 18.0 Å². The average Bonchev–Trinajstić information content (AvgIpc) is 2.81. The molecule has 0 bridgehead atoms. The van der Waals surface area contributed by atoms with Gasteiger partial charge in [-0.2, -0.15) is 0 Å². The van der Waals surface area contributed by atoms with Gasteiger partial charge in [-0.25, -0.2) is 4.98 Å². The maximum atomic E-state index is 7.36. The first-order valence-corrected chi connectivity index (χ1v) is 6.30. The van der Waals surface area contributed by atoms with Gasteiger partial charge in [0.25, 0.3) is 0 Å². The van der Waals surface area contributed by atoms with Crippen molar-refractivity contribution in [1.29, 1.82) is 5.41 Å². The molecule has 7 heteroatoms. The molecule has 0 spiro atoms. The van der Waals surface area contributed by atoms with Gasteiger partial charge in [0.1, 0.15) is 6.33 Å². The third-order valence-corrected chi connectivity index (χ3v) is 2.73. The van der Waals surface area contributed by atoms with Crippen LogP contribution in [0.1, 0.15) is 20.3 Å². The van der Waals surface area contributed by atoms with Crippen LogP contribution in [0.15, 0.2) is 18.7 Å². The summed E-state index contributed by atoms with van der Waals surface area (Å²) in [4.78, 5) is 6.51. The van der Waals surface area contributed by atoms with Gasteiger partial charge < -0.3 is 10.6 Å². The molecule has 0 saturated heterocycles. The highest BCUT2D eigenvalue weighted by Gasteiger charge is 2.15. The van der Waals surface area contributed by atoms with Crippen LogP contribution in [-0.2, 0) is 0 Å². The fraction of sp³-hybridized carbons (Fsp3) is 0.500. The van der Waals surface area contributed by atoms with Gasteiger partial charge in [0, 0.05) is 31.9 Å². The Labute approximate surface area is 112 Å². The number of fused-ring (bicyclic) bond motifs is 1. The van der Waals surface area contributed by atoms with Gasteiger partial charge in [0.05, 0.1) is 5.84 Å². The molecule has 102 valence electrons. The summed E-state index contributed by atoms with van der Waals surface area (Å²) in [6.07, 6.45) is 5.72. The number of rotatable bonds is 6. The van der Waals surface area contributed by atoms with Crippen molar-refractivity contribution >= 4 is 17.3 Å². The van der Waals surface area contributed by atoms with Crippen molar-refractivity contribution in [3.63, 3.8) is 0 Å². The largest absolute Gasteiger partial charge is 0.388 e. The Morgan fingerprint density at radius 2 is 2.32 bits per heavy atom. The lowest BCUT2D eigenvalue weighted by molar-refractivity contribution is 0.609. The second-order valence-corrected chi connectivity index (χ2v) is 4.93. The van der Waals surface area contributed by atoms with Gasteiger partial charge in [-0.05, 0) is 5.92 Å². The molecule has 2 aromatic rings. The molecule has 0 aliphatic rings. The lowest BCUT2D eigenvalue weighted by Crippen LogP contribution is -2.32. The molecule has 0 saturated carbocycles. The molecule has 0 aliphatic carbocycles. The number of nitrogens with two attached hydrogens (primary N) is 1. The standard InChI is InChI=1S/C12H19N7/c1-9(2)7-18(5-3-10(13)14)11-12-17-16-8-19(12)6-4-15-11/h4,6,8-9H,3,5,7H2,1-2H3,(H3,13,14). The van der Waals surface area contributed by atoms with Gasteiger partial charge in [-0.15, -0.1) is 10.2 Å². The van der Waals surface area contributed by atoms with Crippen LogP contribution in [0.5, 0.6) is 0 Å². The summed E-state index contributed by atoms with van der Waals surface area (Å²) >= 11 is 0. The van der Waals surface area contributed by atoms with Crippen molar-refractivity contribution in [3.8, 4) is 0 Å². The van der Waals surface area contributed by atoms with E-state index in [-0.39, 0.29) is 5.84 Å². The van der Waals surface area contributed by atoms with Crippen LogP contribution in [-0.4, -0.2) is 38.5 Å². The molecule has 2 rings (SSSR count). The van der Waals surface area contributed by atoms with Crippen molar-refractivity contribution < 1.29 is 0 Å². The predicted octanol–water partition coefficient (Wildman–Crippen LogP) is 0.913. The molecular weight excluding hydrogens is 242 g/mol. The van der Waals surface area contributed by atoms with Crippen molar-refractivity contribution in [1.82, 2.24) is 19.6 Å². The monoisotopic (exact) mass is 261 g/mol. The average molecular weight is 261 g/mol. The Hall–Kier alpha value is -2.18. The maximum absolute atomic E-state index is 7.36. The zero-order valence-electron chi connectivity index (χ0n) is 11.2. The second kappa shape index (κ2) is 5.64. The predicted molar refractivity (Wildman–Crippen MR) is 74.4 cm³/mol. The van der Waals surface area contributed by atoms with Gasteiger partial charge in [0.15, 0.2) is 5.82 Å². The van der Waals surface area contributed by atoms with E-state index in [0.29, 0.717) is 18.9 Å². The first-order valence-electron chi connectivity index (χ1n) is 6.30. The highest BCUT2D eigenvalue weighted by Crippen LogP contribution is 2.17. The van der Waals surface area contributed by atoms with E-state index < -0.39 is 0 Å². The van der Waals surface area contributed by atoms with E-state index in [1.54, 1.807) is 12.5 Å². The maximum Gasteiger partial charge on any atom is 0.203 e. The van der Waals surface area contributed by atoms with E-state index in [2.05, 4.69) is 33.9 Å². The molecule has 2 aromatic heterocycles. The molecule has 19 heavy (non-hydrogen) atoms. The number of hydrogen-bond donors (Lipinski definition) is 2. The minimum atomic E-state index is 0.183. The van der Waals surface area contributed by atoms with Crippen LogP contribution in [0.2, 0.25) is 0 Å². The van der Waals surface area contributed by atoms with Crippen LogP contribution >= 0.6 is 0 Å². The van der Waals surface area contributed by atoms with Gasteiger partial charge in [-0.3, -0.25) is 9.81 Å². The minimum Gasteiger partial charge on any atom is -0.388 e. The fourth-order valence-corrected chi connectivity index (χ4v) is 1.95. The van der Waals surface area contributed by atoms with Crippen molar-refractivity contribution in [3.05, 3.63) is 18.7 Å². The fourth-order valence-electron chi connectivity index (χ4n) is 1.95. The summed E-state index contributed by atoms with van der Waals surface area (Å²) in [5, 5.41) is 15.4. The van der Waals surface area contributed by atoms with Crippen LogP contribution in [0, 0.1) is 11.3 Å². The molecule has 2 heterocycles. The molecular formula is C12H19N7. The van der Waals surface area contributed by atoms with E-state index in [9.17, 15) is 0 Å². The van der Waals surface area contributed by atoms with Crippen LogP contribution in [0.25, 0.3) is 5.65 Å². The minimum absolute atomic E-state index is 0.183. The molecule has 0 fully saturated rings. The highest BCUT2D eigenvalue weighted by atomic mass is 15.3. The topological polar surface area (TPSA) is 96.2 Å². The van der Waals surface area contributed by atoms with E-state index in [0.717, 1.165) is 18.0 Å². The van der Waals surface area contributed by atoms with Gasteiger partial charge in [0.2, 0.25) is 5.65 Å². The summed E-state index contributed by atoms with van der Waals surface area (Å²) in [5.74, 6) is 1.45. The van der Waals surface area contributed by atoms with Crippen LogP contribution < -0.4 is 10.6 Å². The van der Waals surface area contributed by atoms with Crippen molar-refractivity contribution in [2.24, 2.45) is 11.7 Å². The quantitative estimate of drug-likeness (QED) is 0.595. The molecule has 7 nitrogen and oxygen atoms in total. The van der Waals surface area contributed by atoms with E-state index >= 15 is 0 Å². The first-order chi connectivity index (χ1) is 9.08. The summed E-state index contributed by atoms with van der Waals surface area (Å²) in [7, 11) is 0. The number of anilines is 1. The Bertz CT molecular complexity index is 560. The van der Waals surface area contributed by atoms with E-state index in [4.69, 9.17) is 11.1 Å². The third-order valence-electron chi connectivity index (χ3n) is 2.73. The number of amidine groups is 1. The highest BCUT2D eigenvalue weighted by molar-refractivity contribution is 5.77. The first kappa shape index (κ1) is 13.3. The van der Waals surface area contributed by atoms with Crippen LogP contribution in [0.3, 0.4) is 0 Å². The Kier molecular flexibility index (Phi) is 3.94. The lowest BCUT2D eigenvalue weighted by Gasteiger charge is -2.25. The zero-order chi connectivity index (χ0) is 13.8. The van der Waals surface area contributed by atoms with E-state index in [1.807, 2.05) is 10.6 Å². The normalized spacial score (nSPS) is 11.1. The number of nitrogens with one attached hydrogen (secondary N) is 1. The van der Waals surface area contributed by atoms with Gasteiger partial charge >= 0.3 is 0 Å². The number of aromatic nitrogens is 4. The zero-order valence-corrected chi connectivity index (χ0v) is 11.2. The van der Waals surface area contributed by atoms with Crippen molar-refractivity contribution in [2.45, 2.75) is 20.3 Å². The summed E-state index contributed by atoms with van der Waals surface area (Å²) in [6.45, 7) is 5.79. The summed E-state index contributed by atoms with van der Waals surface area (Å²) < 4.78 is 1.84. The Morgan fingerprint density at radius 3 is 3.00 bits per heavy atom. The Morgan fingerprint density at radius 1 is 1.53 bits per heavy atom. The number of nitrogens with zero attached hydrogens (tertiary/aromatic N) is 5. The second-order valence-electron chi connectivity index (χ2n) is 4.93.